The van der Waals surface area contributed by atoms with Crippen molar-refractivity contribution >= 4 is 9.84 Å². The van der Waals surface area contributed by atoms with Crippen molar-refractivity contribution < 1.29 is 8.42 Å². The SMILES string of the molecule is CC(CCC(C)NC1CS(=O)(=O)C1)NCC1CN(C)C1. The topological polar surface area (TPSA) is 61.4 Å². The highest BCUT2D eigenvalue weighted by Gasteiger charge is 2.33. The first-order valence-electron chi connectivity index (χ1n) is 7.72. The molecule has 0 aromatic rings. The lowest BCUT2D eigenvalue weighted by Crippen LogP contribution is -2.53. The van der Waals surface area contributed by atoms with Crippen molar-refractivity contribution in [2.75, 3.05) is 38.2 Å². The van der Waals surface area contributed by atoms with Crippen LogP contribution in [0.2, 0.25) is 0 Å². The third-order valence-electron chi connectivity index (χ3n) is 4.36. The highest BCUT2D eigenvalue weighted by atomic mass is 32.2. The minimum atomic E-state index is -2.71. The van der Waals surface area contributed by atoms with E-state index < -0.39 is 9.84 Å². The maximum Gasteiger partial charge on any atom is 0.153 e. The van der Waals surface area contributed by atoms with Gasteiger partial charge in [-0.3, -0.25) is 0 Å². The Labute approximate surface area is 123 Å². The van der Waals surface area contributed by atoms with E-state index in [1.54, 1.807) is 0 Å². The number of sulfone groups is 1. The van der Waals surface area contributed by atoms with Gasteiger partial charge in [0.05, 0.1) is 11.5 Å². The van der Waals surface area contributed by atoms with E-state index in [1.807, 2.05) is 0 Å². The quantitative estimate of drug-likeness (QED) is 0.665. The van der Waals surface area contributed by atoms with Crippen LogP contribution in [-0.2, 0) is 9.84 Å². The minimum Gasteiger partial charge on any atom is -0.314 e. The van der Waals surface area contributed by atoms with Gasteiger partial charge < -0.3 is 15.5 Å². The van der Waals surface area contributed by atoms with Crippen LogP contribution >= 0.6 is 0 Å². The summed E-state index contributed by atoms with van der Waals surface area (Å²) in [7, 11) is -0.545. The van der Waals surface area contributed by atoms with Gasteiger partial charge in [0.2, 0.25) is 0 Å². The van der Waals surface area contributed by atoms with Crippen molar-refractivity contribution in [2.45, 2.75) is 44.8 Å². The number of hydrogen-bond donors (Lipinski definition) is 2. The molecule has 2 saturated heterocycles. The molecule has 2 heterocycles. The number of hydrogen-bond acceptors (Lipinski definition) is 5. The van der Waals surface area contributed by atoms with E-state index in [0.29, 0.717) is 23.6 Å². The summed E-state index contributed by atoms with van der Waals surface area (Å²) in [5, 5.41) is 7.01. The van der Waals surface area contributed by atoms with Gasteiger partial charge in [-0.15, -0.1) is 0 Å². The number of nitrogens with one attached hydrogen (secondary N) is 2. The molecule has 2 unspecified atom stereocenters. The van der Waals surface area contributed by atoms with Crippen molar-refractivity contribution in [1.82, 2.24) is 15.5 Å². The van der Waals surface area contributed by atoms with Gasteiger partial charge in [0, 0.05) is 37.8 Å². The Morgan fingerprint density at radius 2 is 1.75 bits per heavy atom. The molecule has 0 spiro atoms. The summed E-state index contributed by atoms with van der Waals surface area (Å²) < 4.78 is 22.2. The van der Waals surface area contributed by atoms with Crippen LogP contribution in [0.15, 0.2) is 0 Å². The zero-order valence-corrected chi connectivity index (χ0v) is 13.7. The fourth-order valence-corrected chi connectivity index (χ4v) is 4.39. The van der Waals surface area contributed by atoms with E-state index in [-0.39, 0.29) is 6.04 Å². The van der Waals surface area contributed by atoms with E-state index in [0.717, 1.165) is 25.3 Å². The Morgan fingerprint density at radius 1 is 1.15 bits per heavy atom. The molecule has 2 aliphatic heterocycles. The van der Waals surface area contributed by atoms with Gasteiger partial charge in [0.15, 0.2) is 9.84 Å². The molecule has 0 aromatic heterocycles. The average Bonchev–Trinajstić information content (AvgIpc) is 2.28. The van der Waals surface area contributed by atoms with Gasteiger partial charge in [-0.1, -0.05) is 0 Å². The Kier molecular flexibility index (Phi) is 5.45. The smallest absolute Gasteiger partial charge is 0.153 e. The first-order valence-corrected chi connectivity index (χ1v) is 9.54. The molecule has 0 aromatic carbocycles. The molecule has 0 aliphatic carbocycles. The predicted molar refractivity (Wildman–Crippen MR) is 82.7 cm³/mol. The van der Waals surface area contributed by atoms with Gasteiger partial charge in [-0.2, -0.15) is 0 Å². The van der Waals surface area contributed by atoms with Gasteiger partial charge in [-0.05, 0) is 39.7 Å². The van der Waals surface area contributed by atoms with Crippen molar-refractivity contribution in [2.24, 2.45) is 5.92 Å². The molecular weight excluding hydrogens is 274 g/mol. The van der Waals surface area contributed by atoms with Crippen LogP contribution in [0.5, 0.6) is 0 Å². The molecular formula is C14H29N3O2S. The monoisotopic (exact) mass is 303 g/mol. The van der Waals surface area contributed by atoms with E-state index in [9.17, 15) is 8.42 Å². The Balaban J connectivity index is 1.50. The van der Waals surface area contributed by atoms with Crippen LogP contribution < -0.4 is 10.6 Å². The molecule has 0 amide bonds. The highest BCUT2D eigenvalue weighted by Crippen LogP contribution is 2.13. The van der Waals surface area contributed by atoms with Gasteiger partial charge >= 0.3 is 0 Å². The number of rotatable bonds is 8. The van der Waals surface area contributed by atoms with Crippen LogP contribution in [0.4, 0.5) is 0 Å². The lowest BCUT2D eigenvalue weighted by molar-refractivity contribution is 0.130. The lowest BCUT2D eigenvalue weighted by Gasteiger charge is -2.37. The lowest BCUT2D eigenvalue weighted by atomic mass is 10.0. The summed E-state index contributed by atoms with van der Waals surface area (Å²) in [5.41, 5.74) is 0. The van der Waals surface area contributed by atoms with Crippen LogP contribution in [-0.4, -0.2) is 69.6 Å². The summed E-state index contributed by atoms with van der Waals surface area (Å²) in [4.78, 5) is 2.34. The van der Waals surface area contributed by atoms with Crippen molar-refractivity contribution in [3.63, 3.8) is 0 Å². The van der Waals surface area contributed by atoms with Gasteiger partial charge in [0.25, 0.3) is 0 Å². The predicted octanol–water partition coefficient (Wildman–Crippen LogP) is 0.0814. The van der Waals surface area contributed by atoms with Crippen LogP contribution in [0, 0.1) is 5.92 Å². The zero-order chi connectivity index (χ0) is 14.8. The standard InChI is InChI=1S/C14H29N3O2S/c1-11(15-6-13-7-17(3)8-13)4-5-12(2)16-14-9-20(18,19)10-14/h11-16H,4-10H2,1-3H3. The maximum atomic E-state index is 11.1. The summed E-state index contributed by atoms with van der Waals surface area (Å²) >= 11 is 0. The molecule has 2 atom stereocenters. The third-order valence-corrected chi connectivity index (χ3v) is 6.18. The average molecular weight is 303 g/mol. The second-order valence-electron chi connectivity index (χ2n) is 6.82. The first kappa shape index (κ1) is 16.2. The summed E-state index contributed by atoms with van der Waals surface area (Å²) in [6.45, 7) is 7.94. The first-order chi connectivity index (χ1) is 9.34. The molecule has 2 N–H and O–H groups in total. The van der Waals surface area contributed by atoms with Crippen molar-refractivity contribution in [1.29, 1.82) is 0 Å². The van der Waals surface area contributed by atoms with Crippen LogP contribution in [0.25, 0.3) is 0 Å². The Hall–Kier alpha value is -0.170. The zero-order valence-electron chi connectivity index (χ0n) is 12.9. The molecule has 6 heteroatoms. The molecule has 5 nitrogen and oxygen atoms in total. The van der Waals surface area contributed by atoms with Crippen LogP contribution in [0.1, 0.15) is 26.7 Å². The second kappa shape index (κ2) is 6.73. The van der Waals surface area contributed by atoms with E-state index in [2.05, 4.69) is 36.4 Å². The molecule has 0 radical (unpaired) electrons. The van der Waals surface area contributed by atoms with Crippen LogP contribution in [0.3, 0.4) is 0 Å². The van der Waals surface area contributed by atoms with Crippen molar-refractivity contribution in [3.05, 3.63) is 0 Å². The highest BCUT2D eigenvalue weighted by molar-refractivity contribution is 7.92. The molecule has 20 heavy (non-hydrogen) atoms. The number of nitrogens with zero attached hydrogens (tertiary/aromatic N) is 1. The maximum absolute atomic E-state index is 11.1. The summed E-state index contributed by atoms with van der Waals surface area (Å²) in [6, 6.07) is 1.12. The second-order valence-corrected chi connectivity index (χ2v) is 8.97. The summed E-state index contributed by atoms with van der Waals surface area (Å²) in [5.74, 6) is 1.46. The Bertz CT molecular complexity index is 395. The largest absolute Gasteiger partial charge is 0.314 e. The fourth-order valence-electron chi connectivity index (χ4n) is 3.07. The molecule has 2 rings (SSSR count). The normalized spacial score (nSPS) is 26.8. The summed E-state index contributed by atoms with van der Waals surface area (Å²) in [6.07, 6.45) is 2.23. The number of likely N-dealkylation sites (tertiary alicyclic amines) is 1. The molecule has 0 bridgehead atoms. The van der Waals surface area contributed by atoms with E-state index in [4.69, 9.17) is 0 Å². The van der Waals surface area contributed by atoms with E-state index in [1.165, 1.54) is 13.1 Å². The van der Waals surface area contributed by atoms with Gasteiger partial charge in [0.1, 0.15) is 0 Å². The molecule has 118 valence electrons. The fraction of sp³-hybridized carbons (Fsp3) is 1.00. The van der Waals surface area contributed by atoms with Crippen molar-refractivity contribution in [3.8, 4) is 0 Å². The van der Waals surface area contributed by atoms with E-state index >= 15 is 0 Å². The minimum absolute atomic E-state index is 0.184. The van der Waals surface area contributed by atoms with Gasteiger partial charge in [-0.25, -0.2) is 8.42 Å². The molecule has 2 aliphatic rings. The molecule has 0 saturated carbocycles. The third kappa shape index (κ3) is 4.98. The molecule has 2 fully saturated rings. The Morgan fingerprint density at radius 3 is 2.30 bits per heavy atom.